The third-order valence-electron chi connectivity index (χ3n) is 5.71. The minimum atomic E-state index is -3.46. The predicted octanol–water partition coefficient (Wildman–Crippen LogP) is 2.08. The molecule has 0 radical (unpaired) electrons. The molecule has 0 saturated carbocycles. The summed E-state index contributed by atoms with van der Waals surface area (Å²) in [5.41, 5.74) is 3.22. The summed E-state index contributed by atoms with van der Waals surface area (Å²) in [6.07, 6.45) is 4.30. The maximum Gasteiger partial charge on any atom is 0.220 e. The van der Waals surface area contributed by atoms with Gasteiger partial charge >= 0.3 is 0 Å². The van der Waals surface area contributed by atoms with Crippen molar-refractivity contribution in [3.8, 4) is 0 Å². The van der Waals surface area contributed by atoms with Gasteiger partial charge in [-0.2, -0.15) is 4.31 Å². The maximum atomic E-state index is 12.5. The highest BCUT2D eigenvalue weighted by Crippen LogP contribution is 2.23. The van der Waals surface area contributed by atoms with Gasteiger partial charge in [0.05, 0.1) is 18.0 Å². The first-order valence-electron chi connectivity index (χ1n) is 10.8. The van der Waals surface area contributed by atoms with Crippen molar-refractivity contribution in [3.63, 3.8) is 0 Å². The molecule has 0 unspecified atom stereocenters. The number of rotatable bonds is 8. The highest BCUT2D eigenvalue weighted by atomic mass is 32.2. The number of fused-ring (bicyclic) bond motifs is 1. The van der Waals surface area contributed by atoms with Gasteiger partial charge < -0.3 is 10.1 Å². The number of ether oxygens (including phenoxy) is 1. The van der Waals surface area contributed by atoms with Gasteiger partial charge in [-0.05, 0) is 56.7 Å². The third-order valence-corrected chi connectivity index (χ3v) is 7.52. The van der Waals surface area contributed by atoms with E-state index in [2.05, 4.69) is 5.32 Å². The summed E-state index contributed by atoms with van der Waals surface area (Å²) in [6.45, 7) is 4.39. The quantitative estimate of drug-likeness (QED) is 0.630. The summed E-state index contributed by atoms with van der Waals surface area (Å²) in [4.78, 5) is 24.5. The molecule has 30 heavy (non-hydrogen) atoms. The number of sulfonamides is 1. The molecule has 0 bridgehead atoms. The number of amides is 1. The number of benzene rings is 1. The van der Waals surface area contributed by atoms with Crippen LogP contribution in [0.15, 0.2) is 18.2 Å². The number of ketones is 1. The molecular formula is C22H32N2O5S. The zero-order valence-electron chi connectivity index (χ0n) is 17.9. The second-order valence-corrected chi connectivity index (χ2v) is 10.4. The van der Waals surface area contributed by atoms with Gasteiger partial charge in [-0.1, -0.05) is 12.1 Å². The van der Waals surface area contributed by atoms with Crippen molar-refractivity contribution in [2.75, 3.05) is 25.4 Å². The van der Waals surface area contributed by atoms with Gasteiger partial charge in [-0.3, -0.25) is 9.59 Å². The first-order chi connectivity index (χ1) is 14.2. The Hall–Kier alpha value is -1.77. The number of morpholine rings is 1. The van der Waals surface area contributed by atoms with E-state index < -0.39 is 10.0 Å². The van der Waals surface area contributed by atoms with Gasteiger partial charge in [0, 0.05) is 38.0 Å². The van der Waals surface area contributed by atoms with E-state index in [4.69, 9.17) is 4.74 Å². The van der Waals surface area contributed by atoms with Crippen LogP contribution in [0, 0.1) is 0 Å². The fraction of sp³-hybridized carbons (Fsp3) is 0.636. The Bertz CT molecular complexity index is 874. The molecule has 0 aromatic heterocycles. The number of nitrogens with one attached hydrogen (secondary N) is 1. The number of carbonyl (C=O) groups is 2. The summed E-state index contributed by atoms with van der Waals surface area (Å²) in [6, 6.07) is 5.84. The number of aryl methyl sites for hydroxylation is 2. The van der Waals surface area contributed by atoms with Crippen molar-refractivity contribution >= 4 is 21.7 Å². The van der Waals surface area contributed by atoms with Crippen LogP contribution >= 0.6 is 0 Å². The minimum Gasteiger partial charge on any atom is -0.373 e. The zero-order chi connectivity index (χ0) is 21.7. The molecule has 1 heterocycles. The molecule has 1 fully saturated rings. The molecule has 7 nitrogen and oxygen atoms in total. The van der Waals surface area contributed by atoms with Crippen molar-refractivity contribution < 1.29 is 22.7 Å². The van der Waals surface area contributed by atoms with Crippen molar-refractivity contribution in [2.45, 2.75) is 64.6 Å². The summed E-state index contributed by atoms with van der Waals surface area (Å²) in [5.74, 6) is -0.514. The molecule has 1 saturated heterocycles. The van der Waals surface area contributed by atoms with E-state index in [-0.39, 0.29) is 49.0 Å². The van der Waals surface area contributed by atoms with E-state index >= 15 is 0 Å². The van der Waals surface area contributed by atoms with Gasteiger partial charge in [-0.15, -0.1) is 0 Å². The molecule has 1 aromatic carbocycles. The van der Waals surface area contributed by atoms with Gasteiger partial charge in [0.15, 0.2) is 5.78 Å². The lowest BCUT2D eigenvalue weighted by Gasteiger charge is -2.34. The number of Topliss-reactive ketones (excluding diaryl/α,β-unsaturated/α-hetero) is 1. The Labute approximate surface area is 179 Å². The van der Waals surface area contributed by atoms with Crippen molar-refractivity contribution in [1.29, 1.82) is 0 Å². The summed E-state index contributed by atoms with van der Waals surface area (Å²) in [5, 5.41) is 2.63. The lowest BCUT2D eigenvalue weighted by molar-refractivity contribution is -0.120. The zero-order valence-corrected chi connectivity index (χ0v) is 18.7. The fourth-order valence-corrected chi connectivity index (χ4v) is 5.67. The average Bonchev–Trinajstić information content (AvgIpc) is 2.70. The van der Waals surface area contributed by atoms with Crippen LogP contribution in [0.3, 0.4) is 0 Å². The van der Waals surface area contributed by atoms with Crippen LogP contribution in [-0.4, -0.2) is 62.0 Å². The molecule has 1 N–H and O–H groups in total. The summed E-state index contributed by atoms with van der Waals surface area (Å²) in [7, 11) is -3.46. The Kier molecular flexibility index (Phi) is 7.65. The molecule has 166 valence electrons. The SMILES string of the molecule is C[C@@H]1CN(S(=O)(=O)CCNC(=O)CCC(=O)c2ccc3c(c2)CCCC3)C[C@H](C)O1. The van der Waals surface area contributed by atoms with Crippen LogP contribution in [0.4, 0.5) is 0 Å². The lowest BCUT2D eigenvalue weighted by atomic mass is 9.89. The highest BCUT2D eigenvalue weighted by Gasteiger charge is 2.30. The second kappa shape index (κ2) is 10.0. The largest absolute Gasteiger partial charge is 0.373 e. The van der Waals surface area contributed by atoms with Crippen molar-refractivity contribution in [1.82, 2.24) is 9.62 Å². The molecule has 1 aromatic rings. The Morgan fingerprint density at radius 1 is 1.07 bits per heavy atom. The average molecular weight is 437 g/mol. The van der Waals surface area contributed by atoms with Crippen LogP contribution in [0.5, 0.6) is 0 Å². The van der Waals surface area contributed by atoms with Crippen molar-refractivity contribution in [3.05, 3.63) is 34.9 Å². The molecule has 3 rings (SSSR count). The third kappa shape index (κ3) is 6.12. The minimum absolute atomic E-state index is 0.0360. The van der Waals surface area contributed by atoms with E-state index in [9.17, 15) is 18.0 Å². The van der Waals surface area contributed by atoms with E-state index in [1.54, 1.807) is 0 Å². The number of carbonyl (C=O) groups excluding carboxylic acids is 2. The number of nitrogens with zero attached hydrogens (tertiary/aromatic N) is 1. The molecule has 1 aliphatic heterocycles. The van der Waals surface area contributed by atoms with Gasteiger partial charge in [0.25, 0.3) is 0 Å². The molecule has 2 aliphatic rings. The van der Waals surface area contributed by atoms with E-state index in [1.165, 1.54) is 21.9 Å². The first kappa shape index (κ1) is 22.9. The number of hydrogen-bond acceptors (Lipinski definition) is 5. The Balaban J connectivity index is 1.42. The molecular weight excluding hydrogens is 404 g/mol. The summed E-state index contributed by atoms with van der Waals surface area (Å²) < 4.78 is 32.0. The predicted molar refractivity (Wildman–Crippen MR) is 115 cm³/mol. The first-order valence-corrected chi connectivity index (χ1v) is 12.4. The lowest BCUT2D eigenvalue weighted by Crippen LogP contribution is -2.49. The van der Waals surface area contributed by atoms with E-state index in [1.807, 2.05) is 32.0 Å². The Morgan fingerprint density at radius 2 is 1.73 bits per heavy atom. The second-order valence-electron chi connectivity index (χ2n) is 8.35. The van der Waals surface area contributed by atoms with Gasteiger partial charge in [-0.25, -0.2) is 8.42 Å². The molecule has 1 amide bonds. The van der Waals surface area contributed by atoms with Crippen LogP contribution in [0.25, 0.3) is 0 Å². The molecule has 2 atom stereocenters. The molecule has 0 spiro atoms. The molecule has 1 aliphatic carbocycles. The highest BCUT2D eigenvalue weighted by molar-refractivity contribution is 7.89. The van der Waals surface area contributed by atoms with Crippen LogP contribution in [0.2, 0.25) is 0 Å². The van der Waals surface area contributed by atoms with E-state index in [0.717, 1.165) is 19.3 Å². The van der Waals surface area contributed by atoms with Gasteiger partial charge in [0.1, 0.15) is 0 Å². The Morgan fingerprint density at radius 3 is 2.43 bits per heavy atom. The molecule has 8 heteroatoms. The van der Waals surface area contributed by atoms with Crippen LogP contribution < -0.4 is 5.32 Å². The topological polar surface area (TPSA) is 92.8 Å². The number of hydrogen-bond donors (Lipinski definition) is 1. The summed E-state index contributed by atoms with van der Waals surface area (Å²) >= 11 is 0. The normalized spacial score (nSPS) is 22.3. The maximum absolute atomic E-state index is 12.5. The smallest absolute Gasteiger partial charge is 0.220 e. The monoisotopic (exact) mass is 436 g/mol. The van der Waals surface area contributed by atoms with Gasteiger partial charge in [0.2, 0.25) is 15.9 Å². The van der Waals surface area contributed by atoms with Crippen LogP contribution in [0.1, 0.15) is 61.0 Å². The van der Waals surface area contributed by atoms with Crippen LogP contribution in [-0.2, 0) is 32.4 Å². The standard InChI is InChI=1S/C22H32N2O5S/c1-16-14-24(15-17(2)29-16)30(27,28)12-11-23-22(26)10-9-21(25)20-8-7-18-5-3-4-6-19(18)13-20/h7-8,13,16-17H,3-6,9-12,14-15H2,1-2H3,(H,23,26)/t16-,17+. The van der Waals surface area contributed by atoms with Crippen molar-refractivity contribution in [2.24, 2.45) is 0 Å². The van der Waals surface area contributed by atoms with E-state index in [0.29, 0.717) is 18.7 Å². The fourth-order valence-electron chi connectivity index (χ4n) is 4.17.